The van der Waals surface area contributed by atoms with Crippen LogP contribution in [0.3, 0.4) is 0 Å². The van der Waals surface area contributed by atoms with Crippen LogP contribution in [0.25, 0.3) is 6.08 Å². The van der Waals surface area contributed by atoms with E-state index in [0.29, 0.717) is 10.7 Å². The summed E-state index contributed by atoms with van der Waals surface area (Å²) in [7, 11) is 1.28. The van der Waals surface area contributed by atoms with Crippen molar-refractivity contribution in [3.8, 4) is 5.75 Å². The van der Waals surface area contributed by atoms with Gasteiger partial charge in [0.15, 0.2) is 0 Å². The molecule has 0 bridgehead atoms. The number of esters is 2. The van der Waals surface area contributed by atoms with Crippen LogP contribution in [0, 0.1) is 13.8 Å². The molecule has 1 aliphatic rings. The van der Waals surface area contributed by atoms with E-state index in [1.165, 1.54) is 30.7 Å². The molecule has 1 aliphatic heterocycles. The van der Waals surface area contributed by atoms with Gasteiger partial charge in [0.25, 0.3) is 5.91 Å². The summed E-state index contributed by atoms with van der Waals surface area (Å²) < 4.78 is 9.81. The molecule has 0 unspecified atom stereocenters. The molecule has 25 heavy (non-hydrogen) atoms. The van der Waals surface area contributed by atoms with Crippen LogP contribution in [-0.4, -0.2) is 36.4 Å². The maximum Gasteiger partial charge on any atom is 0.325 e. The van der Waals surface area contributed by atoms with Crippen molar-refractivity contribution < 1.29 is 23.9 Å². The van der Waals surface area contributed by atoms with Gasteiger partial charge in [0.2, 0.25) is 0 Å². The molecule has 0 radical (unpaired) electrons. The molecule has 0 fully saturated rings. The topological polar surface area (TPSA) is 72.9 Å². The van der Waals surface area contributed by atoms with Crippen molar-refractivity contribution in [2.24, 2.45) is 0 Å². The van der Waals surface area contributed by atoms with Crippen LogP contribution in [-0.2, 0) is 19.1 Å². The number of amides is 1. The number of thioether (sulfide) groups is 1. The number of nitrogens with zero attached hydrogens (tertiary/aromatic N) is 1. The summed E-state index contributed by atoms with van der Waals surface area (Å²) in [5.74, 6) is -0.595. The average molecular weight is 361 g/mol. The summed E-state index contributed by atoms with van der Waals surface area (Å²) in [6.45, 7) is 4.90. The van der Waals surface area contributed by atoms with Gasteiger partial charge in [0.05, 0.1) is 12.0 Å². The van der Waals surface area contributed by atoms with Crippen LogP contribution >= 0.6 is 11.8 Å². The summed E-state index contributed by atoms with van der Waals surface area (Å²) in [6, 6.07) is 3.68. The van der Waals surface area contributed by atoms with Crippen LogP contribution in [0.1, 0.15) is 23.6 Å². The smallest absolute Gasteiger partial charge is 0.325 e. The molecule has 0 saturated heterocycles. The third kappa shape index (κ3) is 4.73. The summed E-state index contributed by atoms with van der Waals surface area (Å²) in [4.78, 5) is 36.8. The number of rotatable bonds is 4. The van der Waals surface area contributed by atoms with Crippen molar-refractivity contribution in [1.82, 2.24) is 4.90 Å². The Morgan fingerprint density at radius 1 is 1.24 bits per heavy atom. The van der Waals surface area contributed by atoms with Crippen LogP contribution in [0.4, 0.5) is 0 Å². The number of carbonyl (C=O) groups excluding carboxylic acids is 3. The van der Waals surface area contributed by atoms with Crippen LogP contribution in [0.15, 0.2) is 28.6 Å². The highest BCUT2D eigenvalue weighted by Gasteiger charge is 2.23. The second kappa shape index (κ2) is 8.02. The number of hydrogen-bond acceptors (Lipinski definition) is 6. The molecule has 132 valence electrons. The number of methoxy groups -OCH3 is 1. The third-order valence-electron chi connectivity index (χ3n) is 3.46. The van der Waals surface area contributed by atoms with Gasteiger partial charge < -0.3 is 14.4 Å². The first-order valence-electron chi connectivity index (χ1n) is 7.54. The molecular weight excluding hydrogens is 342 g/mol. The highest BCUT2D eigenvalue weighted by Crippen LogP contribution is 2.30. The first-order valence-corrected chi connectivity index (χ1v) is 8.42. The highest BCUT2D eigenvalue weighted by atomic mass is 32.2. The SMILES string of the molecule is COC(=O)CN1C=CS/C(=C\c2cc(C)c(OC(C)=O)c(C)c2)C1=O. The Labute approximate surface area is 150 Å². The molecular formula is C18H19NO5S. The molecule has 1 aromatic rings. The number of carbonyl (C=O) groups is 3. The molecule has 1 heterocycles. The molecule has 0 saturated carbocycles. The Morgan fingerprint density at radius 3 is 2.44 bits per heavy atom. The molecule has 1 aromatic carbocycles. The minimum Gasteiger partial charge on any atom is -0.468 e. The zero-order valence-electron chi connectivity index (χ0n) is 14.5. The van der Waals surface area contributed by atoms with Gasteiger partial charge >= 0.3 is 11.9 Å². The van der Waals surface area contributed by atoms with Gasteiger partial charge in [-0.3, -0.25) is 14.4 Å². The van der Waals surface area contributed by atoms with Gasteiger partial charge in [-0.05, 0) is 54.2 Å². The zero-order valence-corrected chi connectivity index (χ0v) is 15.3. The summed E-state index contributed by atoms with van der Waals surface area (Å²) in [5, 5.41) is 1.74. The van der Waals surface area contributed by atoms with Gasteiger partial charge in [-0.15, -0.1) is 0 Å². The number of benzene rings is 1. The van der Waals surface area contributed by atoms with E-state index in [-0.39, 0.29) is 18.4 Å². The molecule has 1 amide bonds. The van der Waals surface area contributed by atoms with E-state index < -0.39 is 5.97 Å². The molecule has 6 nitrogen and oxygen atoms in total. The predicted octanol–water partition coefficient (Wildman–Crippen LogP) is 2.79. The van der Waals surface area contributed by atoms with E-state index in [1.54, 1.807) is 17.7 Å². The summed E-state index contributed by atoms with van der Waals surface area (Å²) in [6.07, 6.45) is 3.31. The highest BCUT2D eigenvalue weighted by molar-refractivity contribution is 8.06. The van der Waals surface area contributed by atoms with E-state index >= 15 is 0 Å². The van der Waals surface area contributed by atoms with Crippen molar-refractivity contribution in [1.29, 1.82) is 0 Å². The molecule has 0 aromatic heterocycles. The van der Waals surface area contributed by atoms with Crippen molar-refractivity contribution in [2.75, 3.05) is 13.7 Å². The Morgan fingerprint density at radius 2 is 1.88 bits per heavy atom. The van der Waals surface area contributed by atoms with E-state index in [0.717, 1.165) is 16.7 Å². The van der Waals surface area contributed by atoms with E-state index in [4.69, 9.17) is 4.74 Å². The van der Waals surface area contributed by atoms with E-state index in [1.807, 2.05) is 26.0 Å². The Kier molecular flexibility index (Phi) is 6.03. The molecule has 0 aliphatic carbocycles. The van der Waals surface area contributed by atoms with E-state index in [9.17, 15) is 14.4 Å². The first-order chi connectivity index (χ1) is 11.8. The lowest BCUT2D eigenvalue weighted by molar-refractivity contribution is -0.144. The number of aryl methyl sites for hydroxylation is 2. The molecule has 7 heteroatoms. The second-order valence-electron chi connectivity index (χ2n) is 5.50. The standard InChI is InChI=1S/C18H19NO5S/c1-11-7-14(8-12(2)17(11)24-13(3)20)9-15-18(22)19(5-6-25-15)10-16(21)23-4/h5-9H,10H2,1-4H3/b15-9-. The number of ether oxygens (including phenoxy) is 2. The van der Waals surface area contributed by atoms with Crippen molar-refractivity contribution in [3.63, 3.8) is 0 Å². The van der Waals surface area contributed by atoms with Gasteiger partial charge in [-0.1, -0.05) is 11.8 Å². The predicted molar refractivity (Wildman–Crippen MR) is 95.7 cm³/mol. The normalized spacial score (nSPS) is 15.4. The maximum atomic E-state index is 12.5. The van der Waals surface area contributed by atoms with Crippen molar-refractivity contribution in [2.45, 2.75) is 20.8 Å². The van der Waals surface area contributed by atoms with Crippen molar-refractivity contribution >= 4 is 35.7 Å². The fourth-order valence-corrected chi connectivity index (χ4v) is 3.16. The Bertz CT molecular complexity index is 759. The van der Waals surface area contributed by atoms with Gasteiger partial charge in [0, 0.05) is 13.1 Å². The maximum absolute atomic E-state index is 12.5. The Balaban J connectivity index is 2.28. The molecule has 2 rings (SSSR count). The lowest BCUT2D eigenvalue weighted by atomic mass is 10.1. The van der Waals surface area contributed by atoms with E-state index in [2.05, 4.69) is 4.74 Å². The van der Waals surface area contributed by atoms with Crippen LogP contribution in [0.2, 0.25) is 0 Å². The van der Waals surface area contributed by atoms with Gasteiger partial charge in [0.1, 0.15) is 12.3 Å². The largest absolute Gasteiger partial charge is 0.468 e. The monoisotopic (exact) mass is 361 g/mol. The fraction of sp³-hybridized carbons (Fsp3) is 0.278. The third-order valence-corrected chi connectivity index (χ3v) is 4.26. The minimum absolute atomic E-state index is 0.132. The van der Waals surface area contributed by atoms with Crippen LogP contribution in [0.5, 0.6) is 5.75 Å². The lowest BCUT2D eigenvalue weighted by Crippen LogP contribution is -2.33. The molecule has 0 atom stereocenters. The van der Waals surface area contributed by atoms with Crippen molar-refractivity contribution in [3.05, 3.63) is 45.3 Å². The quantitative estimate of drug-likeness (QED) is 0.466. The first kappa shape index (κ1) is 18.8. The fourth-order valence-electron chi connectivity index (χ4n) is 2.38. The number of hydrogen-bond donors (Lipinski definition) is 0. The zero-order chi connectivity index (χ0) is 18.6. The summed E-state index contributed by atoms with van der Waals surface area (Å²) in [5.41, 5.74) is 2.42. The molecule has 0 N–H and O–H groups in total. The second-order valence-corrected chi connectivity index (χ2v) is 6.45. The lowest BCUT2D eigenvalue weighted by Gasteiger charge is -2.21. The Hall–Kier alpha value is -2.54. The average Bonchev–Trinajstić information content (AvgIpc) is 2.54. The van der Waals surface area contributed by atoms with Gasteiger partial charge in [-0.25, -0.2) is 0 Å². The molecule has 0 spiro atoms. The van der Waals surface area contributed by atoms with Crippen LogP contribution < -0.4 is 4.74 Å². The summed E-state index contributed by atoms with van der Waals surface area (Å²) >= 11 is 1.28. The van der Waals surface area contributed by atoms with Gasteiger partial charge in [-0.2, -0.15) is 0 Å². The minimum atomic E-state index is -0.485.